The van der Waals surface area contributed by atoms with Crippen LogP contribution in [0.25, 0.3) is 0 Å². The van der Waals surface area contributed by atoms with Crippen LogP contribution >= 0.6 is 0 Å². The van der Waals surface area contributed by atoms with Crippen molar-refractivity contribution >= 4 is 5.91 Å². The van der Waals surface area contributed by atoms with Crippen LogP contribution in [-0.2, 0) is 4.74 Å². The predicted molar refractivity (Wildman–Crippen MR) is 80.1 cm³/mol. The third-order valence-corrected chi connectivity index (χ3v) is 4.49. The molecule has 5 nitrogen and oxygen atoms in total. The van der Waals surface area contributed by atoms with Crippen molar-refractivity contribution in [3.63, 3.8) is 0 Å². The molecule has 0 unspecified atom stereocenters. The van der Waals surface area contributed by atoms with Crippen LogP contribution in [0.1, 0.15) is 30.6 Å². The molecule has 1 aromatic rings. The van der Waals surface area contributed by atoms with Gasteiger partial charge in [-0.2, -0.15) is 0 Å². The standard InChI is InChI=1S/C16H23N3O2/c1-12(2)19-8-9-21-15-5-7-18(11-14(15)19)16(20)13-4-3-6-17-10-13/h3-4,6,10,12,14-15H,5,7-9,11H2,1-2H3/t14-,15-/m1/s1. The van der Waals surface area contributed by atoms with E-state index in [0.29, 0.717) is 17.6 Å². The van der Waals surface area contributed by atoms with Gasteiger partial charge in [0, 0.05) is 38.1 Å². The van der Waals surface area contributed by atoms with Gasteiger partial charge in [0.05, 0.1) is 24.3 Å². The van der Waals surface area contributed by atoms with Gasteiger partial charge >= 0.3 is 0 Å². The number of rotatable bonds is 2. The Morgan fingerprint density at radius 3 is 3.00 bits per heavy atom. The van der Waals surface area contributed by atoms with Gasteiger partial charge in [-0.15, -0.1) is 0 Å². The minimum Gasteiger partial charge on any atom is -0.375 e. The van der Waals surface area contributed by atoms with E-state index in [4.69, 9.17) is 4.74 Å². The zero-order valence-corrected chi connectivity index (χ0v) is 12.7. The van der Waals surface area contributed by atoms with Crippen LogP contribution in [0.3, 0.4) is 0 Å². The number of hydrogen-bond acceptors (Lipinski definition) is 4. The average molecular weight is 289 g/mol. The molecule has 1 amide bonds. The fourth-order valence-electron chi connectivity index (χ4n) is 3.40. The van der Waals surface area contributed by atoms with Crippen molar-refractivity contribution in [3.05, 3.63) is 30.1 Å². The number of piperidine rings is 1. The molecule has 0 saturated carbocycles. The second-order valence-electron chi connectivity index (χ2n) is 6.09. The molecule has 1 aromatic heterocycles. The molecule has 0 bridgehead atoms. The third-order valence-electron chi connectivity index (χ3n) is 4.49. The minimum absolute atomic E-state index is 0.0795. The lowest BCUT2D eigenvalue weighted by Crippen LogP contribution is -2.62. The maximum Gasteiger partial charge on any atom is 0.255 e. The molecule has 2 aliphatic rings. The highest BCUT2D eigenvalue weighted by Crippen LogP contribution is 2.25. The van der Waals surface area contributed by atoms with Crippen LogP contribution in [0.5, 0.6) is 0 Å². The SMILES string of the molecule is CC(C)N1CCO[C@@H]2CCN(C(=O)c3cccnc3)C[C@H]21. The summed E-state index contributed by atoms with van der Waals surface area (Å²) in [5, 5.41) is 0. The monoisotopic (exact) mass is 289 g/mol. The lowest BCUT2D eigenvalue weighted by molar-refractivity contribution is -0.107. The van der Waals surface area contributed by atoms with Gasteiger partial charge < -0.3 is 9.64 Å². The zero-order chi connectivity index (χ0) is 14.8. The fraction of sp³-hybridized carbons (Fsp3) is 0.625. The lowest BCUT2D eigenvalue weighted by Gasteiger charge is -2.48. The Morgan fingerprint density at radius 1 is 1.43 bits per heavy atom. The number of aromatic nitrogens is 1. The van der Waals surface area contributed by atoms with Crippen molar-refractivity contribution in [3.8, 4) is 0 Å². The summed E-state index contributed by atoms with van der Waals surface area (Å²) < 4.78 is 5.90. The first kappa shape index (κ1) is 14.5. The van der Waals surface area contributed by atoms with Gasteiger partial charge in [0.25, 0.3) is 5.91 Å². The van der Waals surface area contributed by atoms with E-state index in [9.17, 15) is 4.79 Å². The van der Waals surface area contributed by atoms with Gasteiger partial charge in [0.1, 0.15) is 0 Å². The summed E-state index contributed by atoms with van der Waals surface area (Å²) in [5.41, 5.74) is 0.670. The minimum atomic E-state index is 0.0795. The van der Waals surface area contributed by atoms with Gasteiger partial charge in [-0.25, -0.2) is 0 Å². The molecule has 0 N–H and O–H groups in total. The summed E-state index contributed by atoms with van der Waals surface area (Å²) >= 11 is 0. The van der Waals surface area contributed by atoms with Gasteiger partial charge in [-0.1, -0.05) is 0 Å². The smallest absolute Gasteiger partial charge is 0.255 e. The van der Waals surface area contributed by atoms with Gasteiger partial charge in [0.2, 0.25) is 0 Å². The Kier molecular flexibility index (Phi) is 4.22. The average Bonchev–Trinajstić information content (AvgIpc) is 2.53. The molecular weight excluding hydrogens is 266 g/mol. The third kappa shape index (κ3) is 2.94. The van der Waals surface area contributed by atoms with Crippen LogP contribution in [0, 0.1) is 0 Å². The summed E-state index contributed by atoms with van der Waals surface area (Å²) in [6.07, 6.45) is 4.52. The molecule has 21 heavy (non-hydrogen) atoms. The summed E-state index contributed by atoms with van der Waals surface area (Å²) in [7, 11) is 0. The number of nitrogens with zero attached hydrogens (tertiary/aromatic N) is 3. The van der Waals surface area contributed by atoms with E-state index in [2.05, 4.69) is 23.7 Å². The molecule has 5 heteroatoms. The fourth-order valence-corrected chi connectivity index (χ4v) is 3.40. The van der Waals surface area contributed by atoms with Gasteiger partial charge in [-0.3, -0.25) is 14.7 Å². The van der Waals surface area contributed by atoms with Gasteiger partial charge in [-0.05, 0) is 32.4 Å². The molecule has 0 spiro atoms. The zero-order valence-electron chi connectivity index (χ0n) is 12.7. The van der Waals surface area contributed by atoms with Crippen molar-refractivity contribution in [2.75, 3.05) is 26.2 Å². The molecule has 2 atom stereocenters. The number of likely N-dealkylation sites (tertiary alicyclic amines) is 1. The van der Waals surface area contributed by atoms with E-state index in [1.54, 1.807) is 12.4 Å². The number of amides is 1. The maximum atomic E-state index is 12.6. The quantitative estimate of drug-likeness (QED) is 0.826. The molecule has 0 aromatic carbocycles. The number of hydrogen-bond donors (Lipinski definition) is 0. The van der Waals surface area contributed by atoms with Crippen LogP contribution in [-0.4, -0.2) is 65.1 Å². The molecule has 2 aliphatic heterocycles. The van der Waals surface area contributed by atoms with Crippen molar-refractivity contribution in [2.24, 2.45) is 0 Å². The molecule has 2 fully saturated rings. The Labute approximate surface area is 125 Å². The van der Waals surface area contributed by atoms with E-state index in [0.717, 1.165) is 32.7 Å². The van der Waals surface area contributed by atoms with E-state index in [1.807, 2.05) is 17.0 Å². The molecule has 2 saturated heterocycles. The van der Waals surface area contributed by atoms with Crippen LogP contribution in [0.15, 0.2) is 24.5 Å². The van der Waals surface area contributed by atoms with Crippen molar-refractivity contribution in [1.82, 2.24) is 14.8 Å². The van der Waals surface area contributed by atoms with Crippen molar-refractivity contribution in [2.45, 2.75) is 38.5 Å². The normalized spacial score (nSPS) is 26.7. The first-order valence-electron chi connectivity index (χ1n) is 7.73. The summed E-state index contributed by atoms with van der Waals surface area (Å²) in [5.74, 6) is 0.0795. The first-order valence-corrected chi connectivity index (χ1v) is 7.73. The van der Waals surface area contributed by atoms with E-state index >= 15 is 0 Å². The molecule has 3 heterocycles. The second-order valence-corrected chi connectivity index (χ2v) is 6.09. The Hall–Kier alpha value is -1.46. The number of fused-ring (bicyclic) bond motifs is 1. The Morgan fingerprint density at radius 2 is 2.29 bits per heavy atom. The number of carbonyl (C=O) groups excluding carboxylic acids is 1. The Balaban J connectivity index is 1.73. The molecule has 0 radical (unpaired) electrons. The van der Waals surface area contributed by atoms with E-state index < -0.39 is 0 Å². The maximum absolute atomic E-state index is 12.6. The summed E-state index contributed by atoms with van der Waals surface area (Å²) in [4.78, 5) is 21.0. The molecule has 0 aliphatic carbocycles. The largest absolute Gasteiger partial charge is 0.375 e. The highest BCUT2D eigenvalue weighted by molar-refractivity contribution is 5.94. The van der Waals surface area contributed by atoms with Crippen molar-refractivity contribution < 1.29 is 9.53 Å². The number of carbonyl (C=O) groups is 1. The Bertz CT molecular complexity index is 492. The number of pyridine rings is 1. The van der Waals surface area contributed by atoms with E-state index in [1.165, 1.54) is 0 Å². The topological polar surface area (TPSA) is 45.7 Å². The number of ether oxygens (including phenoxy) is 1. The molecular formula is C16H23N3O2. The summed E-state index contributed by atoms with van der Waals surface area (Å²) in [6.45, 7) is 7.69. The van der Waals surface area contributed by atoms with E-state index in [-0.39, 0.29) is 12.0 Å². The predicted octanol–water partition coefficient (Wildman–Crippen LogP) is 1.41. The van der Waals surface area contributed by atoms with Gasteiger partial charge in [0.15, 0.2) is 0 Å². The highest BCUT2D eigenvalue weighted by Gasteiger charge is 2.39. The molecule has 114 valence electrons. The van der Waals surface area contributed by atoms with Crippen LogP contribution < -0.4 is 0 Å². The van der Waals surface area contributed by atoms with Crippen LogP contribution in [0.4, 0.5) is 0 Å². The number of morpholine rings is 1. The second kappa shape index (κ2) is 6.12. The summed E-state index contributed by atoms with van der Waals surface area (Å²) in [6, 6.07) is 4.44. The van der Waals surface area contributed by atoms with Crippen molar-refractivity contribution in [1.29, 1.82) is 0 Å². The highest BCUT2D eigenvalue weighted by atomic mass is 16.5. The lowest BCUT2D eigenvalue weighted by atomic mass is 9.97. The van der Waals surface area contributed by atoms with Crippen LogP contribution in [0.2, 0.25) is 0 Å². The first-order chi connectivity index (χ1) is 10.2. The molecule has 3 rings (SSSR count).